The quantitative estimate of drug-likeness (QED) is 0.422. The Hall–Kier alpha value is -5.23. The number of hydrogen-bond donors (Lipinski definition) is 1. The maximum Gasteiger partial charge on any atom is 0.155 e. The molecule has 0 fully saturated rings. The van der Waals surface area contributed by atoms with Gasteiger partial charge in [-0.3, -0.25) is 15.0 Å². The van der Waals surface area contributed by atoms with Crippen molar-refractivity contribution in [3.05, 3.63) is 90.5 Å². The molecule has 0 aliphatic heterocycles. The fourth-order valence-corrected chi connectivity index (χ4v) is 4.11. The highest BCUT2D eigenvalue weighted by atomic mass is 15.5. The monoisotopic (exact) mass is 455 g/mol. The average Bonchev–Trinajstić information content (AvgIpc) is 3.33. The fraction of sp³-hybridized carbons (Fsp3) is 0.0385. The van der Waals surface area contributed by atoms with Crippen LogP contribution in [-0.2, 0) is 6.54 Å². The first kappa shape index (κ1) is 20.4. The number of pyridine rings is 2. The molecule has 4 heterocycles. The van der Waals surface area contributed by atoms with Crippen molar-refractivity contribution in [1.82, 2.24) is 34.9 Å². The maximum atomic E-state index is 9.77. The normalized spacial score (nSPS) is 11.1. The Morgan fingerprint density at radius 3 is 2.46 bits per heavy atom. The summed E-state index contributed by atoms with van der Waals surface area (Å²) in [5, 5.41) is 19.2. The highest BCUT2D eigenvalue weighted by Gasteiger charge is 2.22. The average molecular weight is 455 g/mol. The van der Waals surface area contributed by atoms with E-state index in [9.17, 15) is 5.26 Å². The summed E-state index contributed by atoms with van der Waals surface area (Å²) in [6, 6.07) is 21.0. The molecule has 0 radical (unpaired) electrons. The van der Waals surface area contributed by atoms with Gasteiger partial charge >= 0.3 is 0 Å². The van der Waals surface area contributed by atoms with E-state index < -0.39 is 0 Å². The van der Waals surface area contributed by atoms with Crippen LogP contribution in [0, 0.1) is 11.3 Å². The lowest BCUT2D eigenvalue weighted by Crippen LogP contribution is -2.05. The largest absolute Gasteiger partial charge is 0.382 e. The number of nitrogens with zero attached hydrogens (tertiary/aromatic N) is 8. The third-order valence-corrected chi connectivity index (χ3v) is 5.69. The SMILES string of the molecule is N#Cc1ccccc1-c1nc(N)c2nn(Cc3ccccn3)nc2c1-c1ccc2nccnc2c1. The summed E-state index contributed by atoms with van der Waals surface area (Å²) < 4.78 is 0. The van der Waals surface area contributed by atoms with Gasteiger partial charge < -0.3 is 5.73 Å². The Balaban J connectivity index is 1.65. The lowest BCUT2D eigenvalue weighted by Gasteiger charge is -2.12. The number of hydrogen-bond acceptors (Lipinski definition) is 8. The Bertz CT molecular complexity index is 1750. The zero-order chi connectivity index (χ0) is 23.8. The van der Waals surface area contributed by atoms with Crippen LogP contribution in [-0.4, -0.2) is 34.9 Å². The molecule has 6 aromatic rings. The zero-order valence-electron chi connectivity index (χ0n) is 18.4. The molecular formula is C26H17N9. The van der Waals surface area contributed by atoms with Crippen LogP contribution in [0.4, 0.5) is 5.82 Å². The molecule has 6 rings (SSSR count). The number of nitriles is 1. The second-order valence-corrected chi connectivity index (χ2v) is 7.89. The summed E-state index contributed by atoms with van der Waals surface area (Å²) in [4.78, 5) is 19.5. The number of aromatic nitrogens is 7. The summed E-state index contributed by atoms with van der Waals surface area (Å²) in [5.41, 5.74) is 13.0. The predicted molar refractivity (Wildman–Crippen MR) is 132 cm³/mol. The molecule has 35 heavy (non-hydrogen) atoms. The molecule has 0 amide bonds. The summed E-state index contributed by atoms with van der Waals surface area (Å²) in [7, 11) is 0. The van der Waals surface area contributed by atoms with E-state index in [0.29, 0.717) is 34.4 Å². The van der Waals surface area contributed by atoms with E-state index in [2.05, 4.69) is 26.1 Å². The van der Waals surface area contributed by atoms with Crippen molar-refractivity contribution in [3.8, 4) is 28.5 Å². The van der Waals surface area contributed by atoms with Gasteiger partial charge in [-0.25, -0.2) is 4.98 Å². The van der Waals surface area contributed by atoms with E-state index in [1.54, 1.807) is 29.5 Å². The van der Waals surface area contributed by atoms with Gasteiger partial charge in [0.05, 0.1) is 34.1 Å². The van der Waals surface area contributed by atoms with Crippen LogP contribution >= 0.6 is 0 Å². The molecule has 0 spiro atoms. The molecule has 0 unspecified atom stereocenters. The van der Waals surface area contributed by atoms with E-state index in [1.807, 2.05) is 54.6 Å². The maximum absolute atomic E-state index is 9.77. The Labute approximate surface area is 199 Å². The molecule has 9 heteroatoms. The number of anilines is 1. The van der Waals surface area contributed by atoms with Gasteiger partial charge in [-0.1, -0.05) is 30.3 Å². The number of nitrogens with two attached hydrogens (primary N) is 1. The Kier molecular flexibility index (Phi) is 4.82. The van der Waals surface area contributed by atoms with Crippen LogP contribution < -0.4 is 5.73 Å². The van der Waals surface area contributed by atoms with Gasteiger partial charge in [0, 0.05) is 29.7 Å². The highest BCUT2D eigenvalue weighted by molar-refractivity contribution is 6.04. The first-order valence-electron chi connectivity index (χ1n) is 10.9. The van der Waals surface area contributed by atoms with Crippen molar-refractivity contribution in [2.75, 3.05) is 5.73 Å². The lowest BCUT2D eigenvalue weighted by molar-refractivity contribution is 0.591. The smallest absolute Gasteiger partial charge is 0.155 e. The predicted octanol–water partition coefficient (Wildman–Crippen LogP) is 4.00. The van der Waals surface area contributed by atoms with Gasteiger partial charge in [0.25, 0.3) is 0 Å². The standard InChI is InChI=1S/C26H17N9/c27-14-17-5-1-2-7-19(17)23-22(16-8-9-20-21(13-16)31-12-11-30-20)24-25(26(28)32-23)34-35(33-24)15-18-6-3-4-10-29-18/h1-13H,15H2,(H2,28,32). The Morgan fingerprint density at radius 2 is 1.63 bits per heavy atom. The van der Waals surface area contributed by atoms with Gasteiger partial charge in [0.1, 0.15) is 12.1 Å². The third kappa shape index (κ3) is 3.59. The minimum absolute atomic E-state index is 0.236. The molecule has 2 aromatic carbocycles. The molecule has 0 atom stereocenters. The molecule has 0 aliphatic carbocycles. The van der Waals surface area contributed by atoms with Crippen LogP contribution in [0.25, 0.3) is 44.5 Å². The van der Waals surface area contributed by atoms with Gasteiger partial charge in [-0.05, 0) is 35.9 Å². The number of benzene rings is 2. The highest BCUT2D eigenvalue weighted by Crippen LogP contribution is 2.39. The van der Waals surface area contributed by atoms with Crippen LogP contribution in [0.1, 0.15) is 11.3 Å². The molecular weight excluding hydrogens is 438 g/mol. The van der Waals surface area contributed by atoms with Crippen molar-refractivity contribution in [3.63, 3.8) is 0 Å². The van der Waals surface area contributed by atoms with Gasteiger partial charge in [0.2, 0.25) is 0 Å². The molecule has 166 valence electrons. The molecule has 0 bridgehead atoms. The van der Waals surface area contributed by atoms with Gasteiger partial charge in [-0.15, -0.1) is 5.10 Å². The molecule has 2 N–H and O–H groups in total. The number of rotatable bonds is 4. The van der Waals surface area contributed by atoms with E-state index in [0.717, 1.165) is 27.9 Å². The lowest BCUT2D eigenvalue weighted by atomic mass is 9.95. The first-order chi connectivity index (χ1) is 17.2. The summed E-state index contributed by atoms with van der Waals surface area (Å²) >= 11 is 0. The van der Waals surface area contributed by atoms with Gasteiger partial charge in [-0.2, -0.15) is 15.2 Å². The van der Waals surface area contributed by atoms with Crippen LogP contribution in [0.2, 0.25) is 0 Å². The number of nitrogen functional groups attached to an aromatic ring is 1. The van der Waals surface area contributed by atoms with Crippen LogP contribution in [0.3, 0.4) is 0 Å². The summed E-state index contributed by atoms with van der Waals surface area (Å²) in [6.45, 7) is 0.377. The minimum atomic E-state index is 0.236. The Morgan fingerprint density at radius 1 is 0.829 bits per heavy atom. The van der Waals surface area contributed by atoms with Crippen molar-refractivity contribution >= 4 is 27.9 Å². The van der Waals surface area contributed by atoms with E-state index in [-0.39, 0.29) is 5.82 Å². The molecule has 4 aromatic heterocycles. The zero-order valence-corrected chi connectivity index (χ0v) is 18.4. The van der Waals surface area contributed by atoms with E-state index >= 15 is 0 Å². The molecule has 9 nitrogen and oxygen atoms in total. The van der Waals surface area contributed by atoms with Gasteiger partial charge in [0.15, 0.2) is 11.3 Å². The summed E-state index contributed by atoms with van der Waals surface area (Å²) in [5.74, 6) is 0.236. The van der Waals surface area contributed by atoms with Crippen molar-refractivity contribution in [1.29, 1.82) is 5.26 Å². The third-order valence-electron chi connectivity index (χ3n) is 5.69. The van der Waals surface area contributed by atoms with Crippen molar-refractivity contribution in [2.45, 2.75) is 6.54 Å². The number of fused-ring (bicyclic) bond motifs is 2. The van der Waals surface area contributed by atoms with E-state index in [1.165, 1.54) is 0 Å². The van der Waals surface area contributed by atoms with Crippen LogP contribution in [0.15, 0.2) is 79.3 Å². The van der Waals surface area contributed by atoms with Crippen LogP contribution in [0.5, 0.6) is 0 Å². The van der Waals surface area contributed by atoms with Crippen molar-refractivity contribution in [2.24, 2.45) is 0 Å². The van der Waals surface area contributed by atoms with E-state index in [4.69, 9.17) is 15.8 Å². The molecule has 0 saturated carbocycles. The topological polar surface area (TPSA) is 132 Å². The minimum Gasteiger partial charge on any atom is -0.382 e. The second kappa shape index (κ2) is 8.28. The summed E-state index contributed by atoms with van der Waals surface area (Å²) in [6.07, 6.45) is 5.04. The molecule has 0 saturated heterocycles. The molecule has 0 aliphatic rings. The fourth-order valence-electron chi connectivity index (χ4n) is 4.11. The van der Waals surface area contributed by atoms with Crippen molar-refractivity contribution < 1.29 is 0 Å². The second-order valence-electron chi connectivity index (χ2n) is 7.89. The first-order valence-corrected chi connectivity index (χ1v) is 10.9.